The van der Waals surface area contributed by atoms with Gasteiger partial charge in [0.1, 0.15) is 78.8 Å². The number of aliphatic hydroxyl groups excluding tert-OH is 1. The maximum atomic E-state index is 14.2. The predicted molar refractivity (Wildman–Crippen MR) is 391 cm³/mol. The van der Waals surface area contributed by atoms with Crippen LogP contribution in [0.3, 0.4) is 0 Å². The highest BCUT2D eigenvalue weighted by Crippen LogP contribution is 2.31. The molecule has 0 aromatic carbocycles. The molecule has 10 heterocycles. The number of amides is 17. The van der Waals surface area contributed by atoms with E-state index < -0.39 is 212 Å². The first-order valence-corrected chi connectivity index (χ1v) is 39.7. The predicted octanol–water partition coefficient (Wildman–Crippen LogP) is -7.50. The molecule has 10 aliphatic rings. The van der Waals surface area contributed by atoms with Crippen molar-refractivity contribution < 1.29 is 96.5 Å². The third-order valence-electron chi connectivity index (χ3n) is 23.4. The van der Waals surface area contributed by atoms with E-state index in [-0.39, 0.29) is 116 Å². The van der Waals surface area contributed by atoms with E-state index in [2.05, 4.69) is 42.5 Å². The van der Waals surface area contributed by atoms with Crippen LogP contribution >= 0.6 is 0 Å². The number of carboxylic acid groups (broad SMARTS) is 1. The van der Waals surface area contributed by atoms with E-state index in [0.717, 1.165) is 0 Å². The maximum absolute atomic E-state index is 14.2. The molecule has 10 saturated heterocycles. The van der Waals surface area contributed by atoms with Crippen molar-refractivity contribution in [3.05, 3.63) is 0 Å². The van der Waals surface area contributed by atoms with Gasteiger partial charge in [0.2, 0.25) is 100 Å². The van der Waals surface area contributed by atoms with E-state index in [9.17, 15) is 96.5 Å². The van der Waals surface area contributed by atoms with E-state index in [4.69, 9.17) is 11.5 Å². The Morgan fingerprint density at radius 2 is 0.616 bits per heavy atom. The van der Waals surface area contributed by atoms with Gasteiger partial charge in [-0.2, -0.15) is 0 Å². The highest BCUT2D eigenvalue weighted by atomic mass is 16.4. The first-order chi connectivity index (χ1) is 53.6. The van der Waals surface area contributed by atoms with Gasteiger partial charge in [-0.05, 0) is 155 Å². The van der Waals surface area contributed by atoms with Crippen LogP contribution in [0.1, 0.15) is 155 Å². The summed E-state index contributed by atoms with van der Waals surface area (Å²) in [6, 6.07) is -12.4. The zero-order chi connectivity index (χ0) is 80.8. The molecular formula is C72H110N20O20. The first-order valence-electron chi connectivity index (χ1n) is 39.7. The number of nitrogens with one attached hydrogen (secondary N) is 8. The summed E-state index contributed by atoms with van der Waals surface area (Å²) < 4.78 is 0. The van der Waals surface area contributed by atoms with Crippen LogP contribution in [0.5, 0.6) is 0 Å². The van der Waals surface area contributed by atoms with Crippen molar-refractivity contribution in [2.45, 2.75) is 240 Å². The summed E-state index contributed by atoms with van der Waals surface area (Å²) in [4.78, 5) is 259. The quantitative estimate of drug-likeness (QED) is 0.0235. The molecule has 10 rings (SSSR count). The van der Waals surface area contributed by atoms with Crippen LogP contribution < -0.4 is 54.0 Å². The lowest BCUT2D eigenvalue weighted by molar-refractivity contribution is -0.151. The lowest BCUT2D eigenvalue weighted by Gasteiger charge is -2.32. The van der Waals surface area contributed by atoms with Crippen LogP contribution in [0.4, 0.5) is 0 Å². The molecule has 10 aliphatic heterocycles. The average Bonchev–Trinajstić information content (AvgIpc) is 1.66. The molecule has 618 valence electrons. The molecule has 14 N–H and O–H groups in total. The second kappa shape index (κ2) is 38.7. The Bertz CT molecular complexity index is 3600. The summed E-state index contributed by atoms with van der Waals surface area (Å²) in [6.45, 7) is 2.32. The Morgan fingerprint density at radius 3 is 0.946 bits per heavy atom. The number of aliphatic carboxylic acids is 1. The molecule has 0 aromatic rings. The zero-order valence-corrected chi connectivity index (χ0v) is 63.8. The summed E-state index contributed by atoms with van der Waals surface area (Å²) in [5, 5.41) is 41.4. The van der Waals surface area contributed by atoms with Gasteiger partial charge < -0.3 is 108 Å². The molecular weight excluding hydrogens is 1460 g/mol. The minimum atomic E-state index is -1.64. The van der Waals surface area contributed by atoms with Crippen molar-refractivity contribution in [2.24, 2.45) is 11.5 Å². The monoisotopic (exact) mass is 1570 g/mol. The standard InChI is InChI=1S/C72H110N20O20/c1-41(93)59(82-65(105)48-19-5-28-85(48)54(95)37-77-62(102)45-16-7-33-90(45)69(109)51-22-11-30-87(51)57(98)38-78-61(101)44-15-6-32-89(44)67(107)49-20-9-26-83(49)42(2)94)66(106)80-40-55(96)84-27-4-18-47(84)64(104)81-43(14-3-25-75-72(73)74)60(100)76-36-56(97)86-29-10-21-50(86)68(108)91-34-8-17-46(91)63(103)79-39-58(99)88-31-12-23-52(88)70(110)92-35-13-24-53(92)71(111)112/h41,43-53,59,72,75,93H,3-40,73-74H2,1-2H3,(H,76,100)(H,77,102)(H,78,101)(H,79,103)(H,80,106)(H,81,104)(H,82,105)(H,111,112)/t41-,43+,44+,45+,46+,47+,48+,49+,50+,51+,52+,53+,59+/m1/s1. The average molecular weight is 1580 g/mol. The van der Waals surface area contributed by atoms with Gasteiger partial charge in [0.15, 0.2) is 0 Å². The van der Waals surface area contributed by atoms with Gasteiger partial charge in [0, 0.05) is 72.4 Å². The van der Waals surface area contributed by atoms with Gasteiger partial charge in [-0.15, -0.1) is 0 Å². The Balaban J connectivity index is 0.657. The third-order valence-corrected chi connectivity index (χ3v) is 23.4. The molecule has 112 heavy (non-hydrogen) atoms. The fourth-order valence-corrected chi connectivity index (χ4v) is 17.7. The molecule has 0 saturated carbocycles. The topological polar surface area (TPSA) is 528 Å². The van der Waals surface area contributed by atoms with Gasteiger partial charge >= 0.3 is 5.97 Å². The van der Waals surface area contributed by atoms with Crippen molar-refractivity contribution in [1.82, 2.24) is 91.5 Å². The Labute approximate surface area is 648 Å². The number of rotatable bonds is 30. The lowest BCUT2D eigenvalue weighted by atomic mass is 10.1. The number of carboxylic acids is 1. The van der Waals surface area contributed by atoms with Gasteiger partial charge in [0.25, 0.3) is 0 Å². The SMILES string of the molecule is CC(=O)N1CCC[C@H]1C(=O)N1CCC[C@H]1C(=O)NCC(=O)N1CCC[C@H]1C(=O)N1CCC[C@H]1C(=O)NCC(=O)N1CCC[C@H]1C(=O)N[C@H](C(=O)NCC(=O)N1CCC[C@H]1C(=O)N[C@@H](CCCNC(N)N)C(=O)NCC(=O)N1CCC[C@H]1C(=O)N1CCC[C@H]1C(=O)NCC(=O)N1CCC[C@H]1C(=O)N1CCC[C@H]1C(=O)O)[C@@H](C)O. The highest BCUT2D eigenvalue weighted by Gasteiger charge is 2.49. The molecule has 17 amide bonds. The molecule has 0 aliphatic carbocycles. The van der Waals surface area contributed by atoms with Crippen LogP contribution in [0.15, 0.2) is 0 Å². The van der Waals surface area contributed by atoms with Gasteiger partial charge in [-0.25, -0.2) is 4.79 Å². The summed E-state index contributed by atoms with van der Waals surface area (Å²) in [5.74, 6) is -11.1. The molecule has 0 radical (unpaired) electrons. The number of carbonyl (C=O) groups excluding carboxylic acids is 17. The van der Waals surface area contributed by atoms with Crippen LogP contribution in [0.25, 0.3) is 0 Å². The normalized spacial score (nSPS) is 25.8. The summed E-state index contributed by atoms with van der Waals surface area (Å²) >= 11 is 0. The van der Waals surface area contributed by atoms with Gasteiger partial charge in [0.05, 0.1) is 38.8 Å². The van der Waals surface area contributed by atoms with Crippen molar-refractivity contribution in [1.29, 1.82) is 0 Å². The summed E-state index contributed by atoms with van der Waals surface area (Å²) in [7, 11) is 0. The van der Waals surface area contributed by atoms with E-state index >= 15 is 0 Å². The molecule has 40 nitrogen and oxygen atoms in total. The van der Waals surface area contributed by atoms with E-state index in [0.29, 0.717) is 109 Å². The van der Waals surface area contributed by atoms with E-state index in [1.165, 1.54) is 62.8 Å². The number of hydrogen-bond acceptors (Lipinski definition) is 22. The van der Waals surface area contributed by atoms with Crippen molar-refractivity contribution in [2.75, 3.05) is 105 Å². The van der Waals surface area contributed by atoms with E-state index in [1.54, 1.807) is 0 Å². The van der Waals surface area contributed by atoms with E-state index in [1.807, 2.05) is 0 Å². The number of nitrogens with zero attached hydrogens (tertiary/aromatic N) is 10. The Morgan fingerprint density at radius 1 is 0.348 bits per heavy atom. The van der Waals surface area contributed by atoms with Crippen molar-refractivity contribution in [3.8, 4) is 0 Å². The minimum Gasteiger partial charge on any atom is -0.480 e. The largest absolute Gasteiger partial charge is 0.480 e. The smallest absolute Gasteiger partial charge is 0.326 e. The molecule has 13 atom stereocenters. The van der Waals surface area contributed by atoms with Crippen LogP contribution in [0, 0.1) is 0 Å². The number of aliphatic hydroxyl groups is 1. The van der Waals surface area contributed by atoms with Crippen LogP contribution in [-0.4, -0.2) is 355 Å². The highest BCUT2D eigenvalue weighted by molar-refractivity contribution is 6.01. The minimum absolute atomic E-state index is 0.00269. The zero-order valence-electron chi connectivity index (χ0n) is 63.8. The number of nitrogens with two attached hydrogens (primary N) is 2. The Hall–Kier alpha value is -9.70. The molecule has 0 bridgehead atoms. The van der Waals surface area contributed by atoms with Crippen LogP contribution in [0.2, 0.25) is 0 Å². The fourth-order valence-electron chi connectivity index (χ4n) is 17.7. The molecule has 0 spiro atoms. The second-order valence-electron chi connectivity index (χ2n) is 30.7. The maximum Gasteiger partial charge on any atom is 0.326 e. The molecule has 40 heteroatoms. The fraction of sp³-hybridized carbons (Fsp3) is 0.750. The second-order valence-corrected chi connectivity index (χ2v) is 30.7. The van der Waals surface area contributed by atoms with Crippen molar-refractivity contribution >= 4 is 106 Å². The number of hydrogen-bond donors (Lipinski definition) is 12. The summed E-state index contributed by atoms with van der Waals surface area (Å²) in [5.41, 5.74) is 11.3. The Kier molecular flexibility index (Phi) is 29.3. The molecule has 10 fully saturated rings. The number of likely N-dealkylation sites (tertiary alicyclic amines) is 10. The van der Waals surface area contributed by atoms with Crippen LogP contribution in [-0.2, 0) is 86.3 Å². The third kappa shape index (κ3) is 20.0. The number of carbonyl (C=O) groups is 18. The summed E-state index contributed by atoms with van der Waals surface area (Å²) in [6.07, 6.45) is 5.51. The first kappa shape index (κ1) is 84.7. The van der Waals surface area contributed by atoms with Gasteiger partial charge in [-0.3, -0.25) is 86.8 Å². The van der Waals surface area contributed by atoms with Gasteiger partial charge in [-0.1, -0.05) is 0 Å². The molecule has 0 unspecified atom stereocenters. The molecule has 0 aromatic heterocycles. The lowest BCUT2D eigenvalue weighted by Crippen LogP contribution is -2.59. The van der Waals surface area contributed by atoms with Crippen molar-refractivity contribution in [3.63, 3.8) is 0 Å².